The van der Waals surface area contributed by atoms with Crippen LogP contribution < -0.4 is 5.32 Å². The summed E-state index contributed by atoms with van der Waals surface area (Å²) in [6.07, 6.45) is 0.723. The molecule has 0 amide bonds. The lowest BCUT2D eigenvalue weighted by Crippen LogP contribution is -2.33. The summed E-state index contributed by atoms with van der Waals surface area (Å²) < 4.78 is 10.7. The van der Waals surface area contributed by atoms with Crippen molar-refractivity contribution in [1.82, 2.24) is 5.32 Å². The van der Waals surface area contributed by atoms with Gasteiger partial charge in [-0.15, -0.1) is 0 Å². The Kier molecular flexibility index (Phi) is 6.17. The highest BCUT2D eigenvalue weighted by Gasteiger charge is 2.17. The van der Waals surface area contributed by atoms with Gasteiger partial charge in [-0.25, -0.2) is 0 Å². The first-order valence-corrected chi connectivity index (χ1v) is 5.76. The zero-order valence-electron chi connectivity index (χ0n) is 9.74. The summed E-state index contributed by atoms with van der Waals surface area (Å²) >= 11 is 0. The molecule has 1 aliphatic heterocycles. The molecule has 15 heavy (non-hydrogen) atoms. The standard InChI is InChI=1S/C11H23NO3/c1-9(2)5-12-6-10(13)7-15-11-3-4-14-8-11/h9-13H,3-8H2,1-2H3. The Hall–Kier alpha value is -0.160. The maximum atomic E-state index is 9.59. The molecule has 1 rings (SSSR count). The van der Waals surface area contributed by atoms with E-state index in [9.17, 15) is 5.11 Å². The summed E-state index contributed by atoms with van der Waals surface area (Å²) in [5.41, 5.74) is 0. The molecule has 4 heteroatoms. The molecule has 0 saturated carbocycles. The summed E-state index contributed by atoms with van der Waals surface area (Å²) in [6.45, 7) is 7.68. The first-order chi connectivity index (χ1) is 7.18. The normalized spacial score (nSPS) is 23.6. The van der Waals surface area contributed by atoms with Crippen molar-refractivity contribution in [3.63, 3.8) is 0 Å². The molecule has 0 spiro atoms. The van der Waals surface area contributed by atoms with Gasteiger partial charge < -0.3 is 19.9 Å². The number of nitrogens with one attached hydrogen (secondary N) is 1. The van der Waals surface area contributed by atoms with Crippen LogP contribution in [0.3, 0.4) is 0 Å². The van der Waals surface area contributed by atoms with Gasteiger partial charge in [0.25, 0.3) is 0 Å². The predicted molar refractivity (Wildman–Crippen MR) is 58.9 cm³/mol. The fraction of sp³-hybridized carbons (Fsp3) is 1.00. The Labute approximate surface area is 92.0 Å². The minimum Gasteiger partial charge on any atom is -0.389 e. The number of hydrogen-bond donors (Lipinski definition) is 2. The number of rotatable bonds is 7. The first kappa shape index (κ1) is 12.9. The molecule has 2 unspecified atom stereocenters. The quantitative estimate of drug-likeness (QED) is 0.648. The third-order valence-corrected chi connectivity index (χ3v) is 2.34. The van der Waals surface area contributed by atoms with Gasteiger partial charge >= 0.3 is 0 Å². The third kappa shape index (κ3) is 6.10. The number of aliphatic hydroxyl groups excluding tert-OH is 1. The average Bonchev–Trinajstić information content (AvgIpc) is 2.66. The summed E-state index contributed by atoms with van der Waals surface area (Å²) in [4.78, 5) is 0. The molecule has 4 nitrogen and oxygen atoms in total. The molecule has 2 N–H and O–H groups in total. The van der Waals surface area contributed by atoms with Gasteiger partial charge in [0.2, 0.25) is 0 Å². The monoisotopic (exact) mass is 217 g/mol. The van der Waals surface area contributed by atoms with Crippen LogP contribution in [0.1, 0.15) is 20.3 Å². The molecule has 1 heterocycles. The highest BCUT2D eigenvalue weighted by Crippen LogP contribution is 2.08. The smallest absolute Gasteiger partial charge is 0.0897 e. The van der Waals surface area contributed by atoms with Crippen molar-refractivity contribution < 1.29 is 14.6 Å². The summed E-state index contributed by atoms with van der Waals surface area (Å²) in [5.74, 6) is 0.612. The molecule has 0 bridgehead atoms. The van der Waals surface area contributed by atoms with Crippen LogP contribution in [0.15, 0.2) is 0 Å². The average molecular weight is 217 g/mol. The first-order valence-electron chi connectivity index (χ1n) is 5.76. The molecule has 1 aliphatic rings. The molecule has 2 atom stereocenters. The highest BCUT2D eigenvalue weighted by molar-refractivity contribution is 4.66. The lowest BCUT2D eigenvalue weighted by atomic mass is 10.2. The van der Waals surface area contributed by atoms with E-state index in [4.69, 9.17) is 9.47 Å². The van der Waals surface area contributed by atoms with Gasteiger partial charge in [0.05, 0.1) is 25.4 Å². The Balaban J connectivity index is 1.95. The van der Waals surface area contributed by atoms with Crippen LogP contribution >= 0.6 is 0 Å². The highest BCUT2D eigenvalue weighted by atomic mass is 16.5. The second-order valence-electron chi connectivity index (χ2n) is 4.52. The van der Waals surface area contributed by atoms with Crippen molar-refractivity contribution in [2.24, 2.45) is 5.92 Å². The zero-order valence-corrected chi connectivity index (χ0v) is 9.74. The molecule has 0 radical (unpaired) electrons. The van der Waals surface area contributed by atoms with Gasteiger partial charge in [0.1, 0.15) is 0 Å². The van der Waals surface area contributed by atoms with Crippen LogP contribution in [0.4, 0.5) is 0 Å². The lowest BCUT2D eigenvalue weighted by Gasteiger charge is -2.15. The van der Waals surface area contributed by atoms with Crippen molar-refractivity contribution in [2.75, 3.05) is 32.9 Å². The molecule has 0 aromatic rings. The van der Waals surface area contributed by atoms with E-state index in [1.54, 1.807) is 0 Å². The van der Waals surface area contributed by atoms with Gasteiger partial charge in [-0.2, -0.15) is 0 Å². The number of aliphatic hydroxyl groups is 1. The Morgan fingerprint density at radius 3 is 2.87 bits per heavy atom. The van der Waals surface area contributed by atoms with E-state index in [2.05, 4.69) is 19.2 Å². The topological polar surface area (TPSA) is 50.7 Å². The van der Waals surface area contributed by atoms with Crippen molar-refractivity contribution in [3.05, 3.63) is 0 Å². The van der Waals surface area contributed by atoms with Crippen molar-refractivity contribution in [1.29, 1.82) is 0 Å². The van der Waals surface area contributed by atoms with Gasteiger partial charge in [-0.1, -0.05) is 13.8 Å². The second kappa shape index (κ2) is 7.17. The molecule has 0 aromatic heterocycles. The van der Waals surface area contributed by atoms with Crippen molar-refractivity contribution in [3.8, 4) is 0 Å². The second-order valence-corrected chi connectivity index (χ2v) is 4.52. The largest absolute Gasteiger partial charge is 0.389 e. The van der Waals surface area contributed by atoms with E-state index in [-0.39, 0.29) is 6.10 Å². The summed E-state index contributed by atoms with van der Waals surface area (Å²) in [5, 5.41) is 12.8. The van der Waals surface area contributed by atoms with Gasteiger partial charge in [-0.3, -0.25) is 0 Å². The lowest BCUT2D eigenvalue weighted by molar-refractivity contribution is -0.0117. The summed E-state index contributed by atoms with van der Waals surface area (Å²) in [6, 6.07) is 0. The maximum absolute atomic E-state index is 9.59. The zero-order chi connectivity index (χ0) is 11.1. The van der Waals surface area contributed by atoms with E-state index >= 15 is 0 Å². The number of hydrogen-bond acceptors (Lipinski definition) is 4. The fourth-order valence-electron chi connectivity index (χ4n) is 1.49. The van der Waals surface area contributed by atoms with Crippen LogP contribution in [0.25, 0.3) is 0 Å². The minimum atomic E-state index is -0.413. The van der Waals surface area contributed by atoms with E-state index in [0.717, 1.165) is 19.6 Å². The predicted octanol–water partition coefficient (Wildman–Crippen LogP) is 0.398. The van der Waals surface area contributed by atoms with E-state index in [1.807, 2.05) is 0 Å². The Morgan fingerprint density at radius 2 is 2.27 bits per heavy atom. The van der Waals surface area contributed by atoms with E-state index in [0.29, 0.717) is 25.7 Å². The van der Waals surface area contributed by atoms with Crippen LogP contribution in [0.2, 0.25) is 0 Å². The van der Waals surface area contributed by atoms with Crippen molar-refractivity contribution in [2.45, 2.75) is 32.5 Å². The molecule has 1 fully saturated rings. The van der Waals surface area contributed by atoms with Crippen molar-refractivity contribution >= 4 is 0 Å². The molecule has 0 aromatic carbocycles. The molecule has 0 aliphatic carbocycles. The van der Waals surface area contributed by atoms with Crippen LogP contribution in [-0.4, -0.2) is 50.2 Å². The van der Waals surface area contributed by atoms with Crippen LogP contribution in [0.5, 0.6) is 0 Å². The molecular formula is C11H23NO3. The number of ether oxygens (including phenoxy) is 2. The van der Waals surface area contributed by atoms with E-state index in [1.165, 1.54) is 0 Å². The SMILES string of the molecule is CC(C)CNCC(O)COC1CCOC1. The fourth-order valence-corrected chi connectivity index (χ4v) is 1.49. The third-order valence-electron chi connectivity index (χ3n) is 2.34. The van der Waals surface area contributed by atoms with Crippen LogP contribution in [0, 0.1) is 5.92 Å². The molecule has 90 valence electrons. The molecule has 1 saturated heterocycles. The Bertz CT molecular complexity index is 158. The van der Waals surface area contributed by atoms with E-state index < -0.39 is 6.10 Å². The Morgan fingerprint density at radius 1 is 1.47 bits per heavy atom. The molecular weight excluding hydrogens is 194 g/mol. The maximum Gasteiger partial charge on any atom is 0.0897 e. The van der Waals surface area contributed by atoms with Gasteiger partial charge in [0, 0.05) is 13.2 Å². The van der Waals surface area contributed by atoms with Crippen LogP contribution in [-0.2, 0) is 9.47 Å². The van der Waals surface area contributed by atoms with Gasteiger partial charge in [-0.05, 0) is 18.9 Å². The minimum absolute atomic E-state index is 0.185. The van der Waals surface area contributed by atoms with Gasteiger partial charge in [0.15, 0.2) is 0 Å². The summed E-state index contributed by atoms with van der Waals surface area (Å²) in [7, 11) is 0.